The molecular weight excluding hydrogens is 768 g/mol. The molecule has 1 atom stereocenters. The molecule has 5 aromatic rings. The largest absolute Gasteiger partial charge is 0.443 e. The number of fused-ring (bicyclic) bond motifs is 1. The average Bonchev–Trinajstić information content (AvgIpc) is 3.73. The van der Waals surface area contributed by atoms with Gasteiger partial charge in [0.2, 0.25) is 11.8 Å². The van der Waals surface area contributed by atoms with Crippen LogP contribution in [-0.4, -0.2) is 80.8 Å². The average molecular weight is 803 g/mol. The van der Waals surface area contributed by atoms with Crippen LogP contribution in [0, 0.1) is 0 Å². The van der Waals surface area contributed by atoms with Gasteiger partial charge in [-0.1, -0.05) is 54.1 Å². The molecule has 0 aliphatic carbocycles. The Morgan fingerprint density at radius 3 is 2.38 bits per heavy atom. The van der Waals surface area contributed by atoms with E-state index in [1.54, 1.807) is 85.0 Å². The van der Waals surface area contributed by atoms with E-state index in [2.05, 4.69) is 19.9 Å². The number of sulfone groups is 1. The van der Waals surface area contributed by atoms with Crippen LogP contribution in [0.15, 0.2) is 71.1 Å². The Balaban J connectivity index is 1.28. The summed E-state index contributed by atoms with van der Waals surface area (Å²) in [5, 5.41) is 6.80. The van der Waals surface area contributed by atoms with E-state index in [4.69, 9.17) is 25.5 Å². The number of benzene rings is 3. The third kappa shape index (κ3) is 9.56. The Labute approximate surface area is 314 Å². The van der Waals surface area contributed by atoms with Crippen LogP contribution in [0.25, 0.3) is 21.3 Å². The molecule has 2 N–H and O–H groups in total. The van der Waals surface area contributed by atoms with Crippen LogP contribution >= 0.6 is 22.9 Å². The number of nitrogens with one attached hydrogen (secondary N) is 2. The van der Waals surface area contributed by atoms with Crippen LogP contribution < -0.4 is 9.44 Å². The molecule has 19 heteroatoms. The molecule has 1 unspecified atom stereocenters. The number of carbonyl (C=O) groups excluding carboxylic acids is 2. The van der Waals surface area contributed by atoms with Gasteiger partial charge in [-0.15, -0.1) is 21.5 Å². The number of aromatic nitrogens is 3. The maximum atomic E-state index is 14.1. The summed E-state index contributed by atoms with van der Waals surface area (Å²) < 4.78 is 73.6. The number of thiazole rings is 1. The SMILES string of the molecule is CC(C)(C)OC(=O)NS(=O)(=O)NCc1nnc(C(c2nc3ccc(-c4ccc(C(=O)N5CCOCC5)c(Cl)c4)cc3s2)S(=O)(=O)Cc2ccccc2)o1. The Morgan fingerprint density at radius 2 is 1.68 bits per heavy atom. The second-order valence-electron chi connectivity index (χ2n) is 13.0. The number of nitrogens with zero attached hydrogens (tertiary/aromatic N) is 4. The van der Waals surface area contributed by atoms with Crippen molar-refractivity contribution in [3.63, 3.8) is 0 Å². The zero-order valence-corrected chi connectivity index (χ0v) is 31.9. The van der Waals surface area contributed by atoms with Crippen LogP contribution in [0.2, 0.25) is 5.02 Å². The van der Waals surface area contributed by atoms with Gasteiger partial charge in [0.05, 0.1) is 46.3 Å². The fraction of sp³-hybridized carbons (Fsp3) is 0.324. The summed E-state index contributed by atoms with van der Waals surface area (Å²) in [5.74, 6) is -1.13. The normalized spacial score (nSPS) is 14.6. The van der Waals surface area contributed by atoms with Crippen molar-refractivity contribution in [1.29, 1.82) is 0 Å². The lowest BCUT2D eigenvalue weighted by molar-refractivity contribution is 0.0303. The Hall–Kier alpha value is -4.46. The van der Waals surface area contributed by atoms with E-state index in [1.165, 1.54) is 0 Å². The smallest absolute Gasteiger partial charge is 0.422 e. The fourth-order valence-corrected chi connectivity index (χ4v) is 9.45. The zero-order valence-electron chi connectivity index (χ0n) is 28.7. The molecular formula is C34H35ClN6O9S3. The van der Waals surface area contributed by atoms with Crippen LogP contribution in [-0.2, 0) is 41.8 Å². The number of amides is 2. The summed E-state index contributed by atoms with van der Waals surface area (Å²) in [6, 6.07) is 19.2. The topological polar surface area (TPSA) is 200 Å². The zero-order chi connectivity index (χ0) is 38.0. The first kappa shape index (κ1) is 38.3. The van der Waals surface area contributed by atoms with Crippen LogP contribution in [0.3, 0.4) is 0 Å². The van der Waals surface area contributed by atoms with Crippen molar-refractivity contribution >= 4 is 65.2 Å². The van der Waals surface area contributed by atoms with E-state index in [0.29, 0.717) is 52.7 Å². The van der Waals surface area contributed by atoms with Crippen molar-refractivity contribution in [3.05, 3.63) is 99.7 Å². The third-order valence-electron chi connectivity index (χ3n) is 7.77. The molecule has 0 bridgehead atoms. The second-order valence-corrected chi connectivity index (χ2v) is 18.0. The minimum Gasteiger partial charge on any atom is -0.443 e. The molecule has 0 radical (unpaired) electrons. The molecule has 3 aromatic carbocycles. The molecule has 1 saturated heterocycles. The van der Waals surface area contributed by atoms with E-state index >= 15 is 0 Å². The highest BCUT2D eigenvalue weighted by molar-refractivity contribution is 7.91. The van der Waals surface area contributed by atoms with E-state index < -0.39 is 43.5 Å². The van der Waals surface area contributed by atoms with E-state index in [0.717, 1.165) is 22.5 Å². The van der Waals surface area contributed by atoms with Crippen molar-refractivity contribution in [3.8, 4) is 11.1 Å². The monoisotopic (exact) mass is 802 g/mol. The quantitative estimate of drug-likeness (QED) is 0.181. The van der Waals surface area contributed by atoms with Gasteiger partial charge in [0.1, 0.15) is 10.6 Å². The lowest BCUT2D eigenvalue weighted by Gasteiger charge is -2.27. The van der Waals surface area contributed by atoms with Crippen LogP contribution in [0.1, 0.15) is 58.7 Å². The van der Waals surface area contributed by atoms with Crippen molar-refractivity contribution in [2.45, 2.75) is 43.9 Å². The first-order valence-electron chi connectivity index (χ1n) is 16.2. The van der Waals surface area contributed by atoms with Gasteiger partial charge >= 0.3 is 16.3 Å². The minimum atomic E-state index is -4.41. The van der Waals surface area contributed by atoms with E-state index in [-0.39, 0.29) is 28.4 Å². The molecule has 2 amide bonds. The summed E-state index contributed by atoms with van der Waals surface area (Å²) in [6.07, 6.45) is -1.19. The maximum absolute atomic E-state index is 14.1. The predicted octanol–water partition coefficient (Wildman–Crippen LogP) is 5.04. The highest BCUT2D eigenvalue weighted by atomic mass is 35.5. The first-order chi connectivity index (χ1) is 25.1. The number of ether oxygens (including phenoxy) is 2. The number of morpholine rings is 1. The van der Waals surface area contributed by atoms with Crippen molar-refractivity contribution in [2.75, 3.05) is 26.3 Å². The molecule has 0 saturated carbocycles. The number of hydrogen-bond acceptors (Lipinski definition) is 13. The minimum absolute atomic E-state index is 0.153. The van der Waals surface area contributed by atoms with E-state index in [1.807, 2.05) is 12.1 Å². The molecule has 1 fully saturated rings. The number of carbonyl (C=O) groups is 2. The van der Waals surface area contributed by atoms with Crippen molar-refractivity contribution in [2.24, 2.45) is 0 Å². The van der Waals surface area contributed by atoms with Gasteiger partial charge < -0.3 is 18.8 Å². The highest BCUT2D eigenvalue weighted by Gasteiger charge is 2.37. The predicted molar refractivity (Wildman–Crippen MR) is 197 cm³/mol. The van der Waals surface area contributed by atoms with Gasteiger partial charge in [0, 0.05) is 13.1 Å². The molecule has 280 valence electrons. The van der Waals surface area contributed by atoms with Crippen LogP contribution in [0.4, 0.5) is 4.79 Å². The molecule has 2 aromatic heterocycles. The third-order valence-corrected chi connectivity index (χ3v) is 12.2. The van der Waals surface area contributed by atoms with Gasteiger partial charge in [-0.05, 0) is 61.7 Å². The van der Waals surface area contributed by atoms with E-state index in [9.17, 15) is 26.4 Å². The molecule has 1 aliphatic heterocycles. The Kier molecular flexibility index (Phi) is 11.2. The number of rotatable bonds is 11. The summed E-state index contributed by atoms with van der Waals surface area (Å²) in [4.78, 5) is 31.4. The molecule has 6 rings (SSSR count). The van der Waals surface area contributed by atoms with Crippen LogP contribution in [0.5, 0.6) is 0 Å². The Bertz CT molecular complexity index is 2360. The first-order valence-corrected chi connectivity index (χ1v) is 20.6. The summed E-state index contributed by atoms with van der Waals surface area (Å²) >= 11 is 7.71. The molecule has 15 nitrogen and oxygen atoms in total. The van der Waals surface area contributed by atoms with Crippen molar-refractivity contribution < 1.29 is 40.3 Å². The van der Waals surface area contributed by atoms with Gasteiger partial charge in [-0.25, -0.2) is 22.9 Å². The standard InChI is InChI=1S/C34H35ClN6O9S3/c1-34(2,3)50-33(43)40-53(46,47)36-19-28-38-39-30(49-28)29(52(44,45)20-21-7-5-4-6-8-21)31-37-26-12-10-23(18-27(26)51-31)22-9-11-24(25(35)17-22)32(42)41-13-15-48-16-14-41/h4-12,17-18,29,36H,13-16,19-20H2,1-3H3,(H,40,43). The second kappa shape index (κ2) is 15.5. The fourth-order valence-electron chi connectivity index (χ4n) is 5.39. The summed E-state index contributed by atoms with van der Waals surface area (Å²) in [6.45, 7) is 6.08. The number of hydrogen-bond donors (Lipinski definition) is 2. The number of halogens is 1. The summed E-state index contributed by atoms with van der Waals surface area (Å²) in [5.41, 5.74) is 1.98. The Morgan fingerprint density at radius 1 is 0.981 bits per heavy atom. The maximum Gasteiger partial charge on any atom is 0.422 e. The lowest BCUT2D eigenvalue weighted by atomic mass is 10.0. The van der Waals surface area contributed by atoms with Gasteiger partial charge in [0.25, 0.3) is 5.91 Å². The van der Waals surface area contributed by atoms with Crippen molar-refractivity contribution in [1.82, 2.24) is 29.5 Å². The molecule has 1 aliphatic rings. The lowest BCUT2D eigenvalue weighted by Crippen LogP contribution is -2.42. The molecule has 53 heavy (non-hydrogen) atoms. The van der Waals surface area contributed by atoms with Gasteiger partial charge in [-0.2, -0.15) is 13.1 Å². The molecule has 0 spiro atoms. The van der Waals surface area contributed by atoms with Gasteiger partial charge in [-0.3, -0.25) is 4.79 Å². The highest BCUT2D eigenvalue weighted by Crippen LogP contribution is 2.38. The summed E-state index contributed by atoms with van der Waals surface area (Å²) in [7, 11) is -8.51. The molecule has 3 heterocycles. The van der Waals surface area contributed by atoms with Gasteiger partial charge in [0.15, 0.2) is 15.1 Å².